The maximum atomic E-state index is 11.9. The van der Waals surface area contributed by atoms with E-state index in [-0.39, 0.29) is 24.3 Å². The van der Waals surface area contributed by atoms with Crippen molar-refractivity contribution in [1.29, 1.82) is 0 Å². The van der Waals surface area contributed by atoms with Crippen LogP contribution in [0.15, 0.2) is 0 Å². The van der Waals surface area contributed by atoms with Crippen LogP contribution in [-0.2, 0) is 14.4 Å². The summed E-state index contributed by atoms with van der Waals surface area (Å²) >= 11 is 0. The third-order valence-electron chi connectivity index (χ3n) is 2.93. The molecule has 1 saturated heterocycles. The number of primary amides is 1. The molecule has 0 radical (unpaired) electrons. The molecule has 1 aliphatic heterocycles. The normalized spacial score (nSPS) is 20.6. The molecule has 0 aliphatic carbocycles. The SMILES string of the molecule is CC(=O)N1CCN(C(=O)C(C)C)[C@@H](C(N)=O)C1. The molecule has 17 heavy (non-hydrogen) atoms. The summed E-state index contributed by atoms with van der Waals surface area (Å²) < 4.78 is 0. The van der Waals surface area contributed by atoms with Crippen molar-refractivity contribution in [2.45, 2.75) is 26.8 Å². The fraction of sp³-hybridized carbons (Fsp3) is 0.727. The summed E-state index contributed by atoms with van der Waals surface area (Å²) in [7, 11) is 0. The van der Waals surface area contributed by atoms with E-state index in [0.717, 1.165) is 0 Å². The minimum atomic E-state index is -0.706. The van der Waals surface area contributed by atoms with E-state index in [0.29, 0.717) is 13.1 Å². The molecule has 0 aromatic heterocycles. The molecule has 0 bridgehead atoms. The van der Waals surface area contributed by atoms with Crippen LogP contribution in [0.3, 0.4) is 0 Å². The first-order valence-corrected chi connectivity index (χ1v) is 5.70. The number of hydrogen-bond acceptors (Lipinski definition) is 3. The van der Waals surface area contributed by atoms with E-state index in [4.69, 9.17) is 5.73 Å². The van der Waals surface area contributed by atoms with Gasteiger partial charge in [0.25, 0.3) is 0 Å². The van der Waals surface area contributed by atoms with Gasteiger partial charge in [0.15, 0.2) is 0 Å². The predicted octanol–water partition coefficient (Wildman–Crippen LogP) is -0.813. The highest BCUT2D eigenvalue weighted by molar-refractivity contribution is 5.88. The van der Waals surface area contributed by atoms with Crippen LogP contribution in [-0.4, -0.2) is 53.2 Å². The second kappa shape index (κ2) is 5.16. The van der Waals surface area contributed by atoms with Crippen LogP contribution in [0.2, 0.25) is 0 Å². The van der Waals surface area contributed by atoms with Gasteiger partial charge in [-0.05, 0) is 0 Å². The lowest BCUT2D eigenvalue weighted by Gasteiger charge is -2.40. The summed E-state index contributed by atoms with van der Waals surface area (Å²) in [5, 5.41) is 0. The zero-order valence-corrected chi connectivity index (χ0v) is 10.5. The Hall–Kier alpha value is -1.59. The van der Waals surface area contributed by atoms with Crippen molar-refractivity contribution in [3.8, 4) is 0 Å². The summed E-state index contributed by atoms with van der Waals surface area (Å²) in [6, 6.07) is -0.706. The minimum absolute atomic E-state index is 0.1000. The molecule has 1 rings (SSSR count). The van der Waals surface area contributed by atoms with Gasteiger partial charge in [0.1, 0.15) is 6.04 Å². The Bertz CT molecular complexity index is 341. The van der Waals surface area contributed by atoms with Gasteiger partial charge in [0, 0.05) is 25.9 Å². The van der Waals surface area contributed by atoms with Gasteiger partial charge in [-0.1, -0.05) is 13.8 Å². The molecule has 0 aromatic carbocycles. The first kappa shape index (κ1) is 13.5. The van der Waals surface area contributed by atoms with Crippen LogP contribution in [0, 0.1) is 5.92 Å². The van der Waals surface area contributed by atoms with Crippen molar-refractivity contribution in [2.24, 2.45) is 11.7 Å². The lowest BCUT2D eigenvalue weighted by molar-refractivity contribution is -0.148. The molecule has 0 unspecified atom stereocenters. The van der Waals surface area contributed by atoms with Crippen LogP contribution in [0.25, 0.3) is 0 Å². The van der Waals surface area contributed by atoms with E-state index in [9.17, 15) is 14.4 Å². The predicted molar refractivity (Wildman–Crippen MR) is 61.8 cm³/mol. The Morgan fingerprint density at radius 1 is 1.24 bits per heavy atom. The highest BCUT2D eigenvalue weighted by Gasteiger charge is 2.35. The first-order chi connectivity index (χ1) is 7.84. The third-order valence-corrected chi connectivity index (χ3v) is 2.93. The van der Waals surface area contributed by atoms with Crippen LogP contribution in [0.5, 0.6) is 0 Å². The third kappa shape index (κ3) is 2.95. The zero-order valence-electron chi connectivity index (χ0n) is 10.5. The number of carbonyl (C=O) groups is 3. The Morgan fingerprint density at radius 2 is 1.82 bits per heavy atom. The molecular weight excluding hydrogens is 222 g/mol. The average Bonchev–Trinajstić information content (AvgIpc) is 2.26. The Balaban J connectivity index is 2.83. The largest absolute Gasteiger partial charge is 0.368 e. The molecule has 6 heteroatoms. The maximum absolute atomic E-state index is 11.9. The number of rotatable bonds is 2. The maximum Gasteiger partial charge on any atom is 0.242 e. The molecule has 1 heterocycles. The Labute approximate surface area is 101 Å². The van der Waals surface area contributed by atoms with Crippen LogP contribution >= 0.6 is 0 Å². The van der Waals surface area contributed by atoms with Gasteiger partial charge in [-0.2, -0.15) is 0 Å². The number of carbonyl (C=O) groups excluding carboxylic acids is 3. The van der Waals surface area contributed by atoms with Crippen molar-refractivity contribution in [3.05, 3.63) is 0 Å². The van der Waals surface area contributed by atoms with Crippen molar-refractivity contribution in [2.75, 3.05) is 19.6 Å². The molecular formula is C11H19N3O3. The summed E-state index contributed by atoms with van der Waals surface area (Å²) in [4.78, 5) is 37.5. The standard InChI is InChI=1S/C11H19N3O3/c1-7(2)11(17)14-5-4-13(8(3)15)6-9(14)10(12)16/h7,9H,4-6H2,1-3H3,(H2,12,16)/t9-/m1/s1. The zero-order chi connectivity index (χ0) is 13.2. The van der Waals surface area contributed by atoms with Gasteiger partial charge < -0.3 is 15.5 Å². The van der Waals surface area contributed by atoms with E-state index in [1.165, 1.54) is 11.8 Å². The lowest BCUT2D eigenvalue weighted by atomic mass is 10.1. The molecule has 1 atom stereocenters. The van der Waals surface area contributed by atoms with Gasteiger partial charge in [0.2, 0.25) is 17.7 Å². The summed E-state index contributed by atoms with van der Waals surface area (Å²) in [6.45, 7) is 6.01. The highest BCUT2D eigenvalue weighted by Crippen LogP contribution is 2.13. The van der Waals surface area contributed by atoms with Crippen LogP contribution < -0.4 is 5.73 Å². The fourth-order valence-corrected chi connectivity index (χ4v) is 1.91. The number of hydrogen-bond donors (Lipinski definition) is 1. The average molecular weight is 241 g/mol. The molecule has 1 aliphatic rings. The molecule has 2 N–H and O–H groups in total. The second-order valence-electron chi connectivity index (χ2n) is 4.57. The molecule has 0 saturated carbocycles. The molecule has 0 aromatic rings. The van der Waals surface area contributed by atoms with Gasteiger partial charge in [-0.3, -0.25) is 14.4 Å². The van der Waals surface area contributed by atoms with E-state index in [1.807, 2.05) is 0 Å². The number of nitrogens with zero attached hydrogens (tertiary/aromatic N) is 2. The van der Waals surface area contributed by atoms with Gasteiger partial charge in [0.05, 0.1) is 6.54 Å². The lowest BCUT2D eigenvalue weighted by Crippen LogP contribution is -2.61. The van der Waals surface area contributed by atoms with E-state index < -0.39 is 11.9 Å². The van der Waals surface area contributed by atoms with E-state index in [1.54, 1.807) is 18.7 Å². The van der Waals surface area contributed by atoms with Crippen LogP contribution in [0.1, 0.15) is 20.8 Å². The molecule has 3 amide bonds. The molecule has 0 spiro atoms. The fourth-order valence-electron chi connectivity index (χ4n) is 1.91. The Kier molecular flexibility index (Phi) is 4.09. The van der Waals surface area contributed by atoms with Gasteiger partial charge in [-0.25, -0.2) is 0 Å². The Morgan fingerprint density at radius 3 is 2.24 bits per heavy atom. The molecule has 1 fully saturated rings. The van der Waals surface area contributed by atoms with Gasteiger partial charge in [-0.15, -0.1) is 0 Å². The van der Waals surface area contributed by atoms with E-state index >= 15 is 0 Å². The smallest absolute Gasteiger partial charge is 0.242 e. The first-order valence-electron chi connectivity index (χ1n) is 5.70. The molecule has 6 nitrogen and oxygen atoms in total. The summed E-state index contributed by atoms with van der Waals surface area (Å²) in [6.07, 6.45) is 0. The van der Waals surface area contributed by atoms with Crippen molar-refractivity contribution >= 4 is 17.7 Å². The van der Waals surface area contributed by atoms with Gasteiger partial charge >= 0.3 is 0 Å². The topological polar surface area (TPSA) is 83.7 Å². The highest BCUT2D eigenvalue weighted by atomic mass is 16.2. The number of piperazine rings is 1. The quantitative estimate of drug-likeness (QED) is 0.686. The monoisotopic (exact) mass is 241 g/mol. The minimum Gasteiger partial charge on any atom is -0.368 e. The van der Waals surface area contributed by atoms with Crippen molar-refractivity contribution in [1.82, 2.24) is 9.80 Å². The van der Waals surface area contributed by atoms with Crippen LogP contribution in [0.4, 0.5) is 0 Å². The summed E-state index contributed by atoms with van der Waals surface area (Å²) in [5.41, 5.74) is 5.29. The number of amides is 3. The van der Waals surface area contributed by atoms with Crippen molar-refractivity contribution in [3.63, 3.8) is 0 Å². The summed E-state index contributed by atoms with van der Waals surface area (Å²) in [5.74, 6) is -0.949. The molecule has 96 valence electrons. The second-order valence-corrected chi connectivity index (χ2v) is 4.57. The van der Waals surface area contributed by atoms with E-state index in [2.05, 4.69) is 0 Å². The van der Waals surface area contributed by atoms with Crippen molar-refractivity contribution < 1.29 is 14.4 Å². The number of nitrogens with two attached hydrogens (primary N) is 1.